The van der Waals surface area contributed by atoms with Gasteiger partial charge in [-0.05, 0) is 19.9 Å². The molecule has 1 atom stereocenters. The Morgan fingerprint density at radius 3 is 3.00 bits per heavy atom. The molecule has 1 aromatic rings. The molecule has 2 N–H and O–H groups in total. The van der Waals surface area contributed by atoms with Crippen LogP contribution in [0.4, 0.5) is 0 Å². The van der Waals surface area contributed by atoms with Gasteiger partial charge in [0.15, 0.2) is 0 Å². The van der Waals surface area contributed by atoms with Crippen molar-refractivity contribution in [3.63, 3.8) is 0 Å². The zero-order valence-electron chi connectivity index (χ0n) is 9.98. The molecule has 1 aliphatic heterocycles. The van der Waals surface area contributed by atoms with Crippen LogP contribution in [0.15, 0.2) is 23.0 Å². The lowest BCUT2D eigenvalue weighted by Gasteiger charge is -2.41. The highest BCUT2D eigenvalue weighted by Gasteiger charge is 2.31. The van der Waals surface area contributed by atoms with E-state index >= 15 is 0 Å². The largest absolute Gasteiger partial charge is 0.472 e. The van der Waals surface area contributed by atoms with E-state index in [1.54, 1.807) is 6.26 Å². The van der Waals surface area contributed by atoms with E-state index in [1.807, 2.05) is 24.1 Å². The number of nitrogens with zero attached hydrogens (tertiary/aromatic N) is 1. The average Bonchev–Trinajstić information content (AvgIpc) is 2.71. The summed E-state index contributed by atoms with van der Waals surface area (Å²) in [6.45, 7) is 7.45. The van der Waals surface area contributed by atoms with Gasteiger partial charge in [0.1, 0.15) is 0 Å². The molecule has 0 aliphatic carbocycles. The van der Waals surface area contributed by atoms with Crippen LogP contribution in [0.5, 0.6) is 0 Å². The smallest absolute Gasteiger partial charge is 0.0950 e. The number of hydrogen-bond acceptors (Lipinski definition) is 4. The van der Waals surface area contributed by atoms with E-state index in [0.29, 0.717) is 17.3 Å². The number of furan rings is 1. The molecule has 2 heterocycles. The molecule has 90 valence electrons. The fourth-order valence-corrected chi connectivity index (χ4v) is 3.42. The zero-order valence-corrected chi connectivity index (χ0v) is 10.8. The molecule has 1 fully saturated rings. The van der Waals surface area contributed by atoms with E-state index in [-0.39, 0.29) is 0 Å². The van der Waals surface area contributed by atoms with E-state index in [4.69, 9.17) is 10.2 Å². The SMILES string of the molecule is CC1(C)CN(C(CN)c2ccoc2)CCS1. The second kappa shape index (κ2) is 4.82. The van der Waals surface area contributed by atoms with Gasteiger partial charge < -0.3 is 10.2 Å². The Morgan fingerprint density at radius 1 is 1.62 bits per heavy atom. The molecule has 1 aliphatic rings. The van der Waals surface area contributed by atoms with Crippen molar-refractivity contribution in [1.82, 2.24) is 4.90 Å². The Bertz CT molecular complexity index is 324. The maximum absolute atomic E-state index is 5.89. The predicted molar refractivity (Wildman–Crippen MR) is 68.6 cm³/mol. The molecule has 0 amide bonds. The first-order chi connectivity index (χ1) is 7.62. The Hall–Kier alpha value is -0.450. The number of nitrogens with two attached hydrogens (primary N) is 1. The van der Waals surface area contributed by atoms with Gasteiger partial charge in [-0.3, -0.25) is 4.90 Å². The van der Waals surface area contributed by atoms with Crippen LogP contribution >= 0.6 is 11.8 Å². The summed E-state index contributed by atoms with van der Waals surface area (Å²) in [5.41, 5.74) is 7.09. The molecular formula is C12H20N2OS. The Labute approximate surface area is 101 Å². The van der Waals surface area contributed by atoms with Crippen LogP contribution in [0, 0.1) is 0 Å². The van der Waals surface area contributed by atoms with Gasteiger partial charge >= 0.3 is 0 Å². The summed E-state index contributed by atoms with van der Waals surface area (Å²) < 4.78 is 5.48. The van der Waals surface area contributed by atoms with Gasteiger partial charge in [-0.1, -0.05) is 0 Å². The molecule has 2 rings (SSSR count). The van der Waals surface area contributed by atoms with Crippen LogP contribution < -0.4 is 5.73 Å². The summed E-state index contributed by atoms with van der Waals surface area (Å²) in [5.74, 6) is 1.18. The van der Waals surface area contributed by atoms with Crippen molar-refractivity contribution in [2.75, 3.05) is 25.4 Å². The Balaban J connectivity index is 2.10. The summed E-state index contributed by atoms with van der Waals surface area (Å²) in [7, 11) is 0. The highest BCUT2D eigenvalue weighted by molar-refractivity contribution is 8.00. The van der Waals surface area contributed by atoms with Crippen molar-refractivity contribution >= 4 is 11.8 Å². The first kappa shape index (κ1) is 12.0. The summed E-state index contributed by atoms with van der Waals surface area (Å²) in [6, 6.07) is 2.32. The van der Waals surface area contributed by atoms with Gasteiger partial charge in [-0.25, -0.2) is 0 Å². The lowest BCUT2D eigenvalue weighted by atomic mass is 10.1. The first-order valence-corrected chi connectivity index (χ1v) is 6.71. The van der Waals surface area contributed by atoms with Crippen LogP contribution in [-0.2, 0) is 0 Å². The molecule has 1 unspecified atom stereocenters. The number of rotatable bonds is 3. The molecule has 0 aromatic carbocycles. The highest BCUT2D eigenvalue weighted by atomic mass is 32.2. The molecular weight excluding hydrogens is 220 g/mol. The minimum absolute atomic E-state index is 0.305. The second-order valence-electron chi connectivity index (χ2n) is 4.89. The van der Waals surface area contributed by atoms with Crippen molar-refractivity contribution in [1.29, 1.82) is 0 Å². The van der Waals surface area contributed by atoms with Crippen LogP contribution in [0.1, 0.15) is 25.5 Å². The lowest BCUT2D eigenvalue weighted by molar-refractivity contribution is 0.191. The van der Waals surface area contributed by atoms with Crippen LogP contribution in [-0.4, -0.2) is 35.0 Å². The molecule has 0 saturated carbocycles. The van der Waals surface area contributed by atoms with Crippen LogP contribution in [0.2, 0.25) is 0 Å². The van der Waals surface area contributed by atoms with E-state index in [1.165, 1.54) is 11.3 Å². The number of hydrogen-bond donors (Lipinski definition) is 1. The molecule has 1 aromatic heterocycles. The molecule has 0 spiro atoms. The fourth-order valence-electron chi connectivity index (χ4n) is 2.28. The quantitative estimate of drug-likeness (QED) is 0.878. The average molecular weight is 240 g/mol. The molecule has 3 nitrogen and oxygen atoms in total. The second-order valence-corrected chi connectivity index (χ2v) is 6.69. The zero-order chi connectivity index (χ0) is 11.6. The highest BCUT2D eigenvalue weighted by Crippen LogP contribution is 2.33. The van der Waals surface area contributed by atoms with Crippen LogP contribution in [0.3, 0.4) is 0 Å². The summed E-state index contributed by atoms with van der Waals surface area (Å²) in [5, 5.41) is 0. The van der Waals surface area contributed by atoms with Gasteiger partial charge in [-0.2, -0.15) is 11.8 Å². The summed E-state index contributed by atoms with van der Waals surface area (Å²) in [4.78, 5) is 2.47. The standard InChI is InChI=1S/C12H20N2OS/c1-12(2)9-14(4-6-16-12)11(7-13)10-3-5-15-8-10/h3,5,8,11H,4,6-7,9,13H2,1-2H3. The molecule has 4 heteroatoms. The topological polar surface area (TPSA) is 42.4 Å². The third-order valence-electron chi connectivity index (χ3n) is 3.05. The third-order valence-corrected chi connectivity index (χ3v) is 4.34. The Morgan fingerprint density at radius 2 is 2.44 bits per heavy atom. The fraction of sp³-hybridized carbons (Fsp3) is 0.667. The van der Waals surface area contributed by atoms with Crippen molar-refractivity contribution in [2.45, 2.75) is 24.6 Å². The van der Waals surface area contributed by atoms with Gasteiger partial charge in [0.25, 0.3) is 0 Å². The molecule has 0 bridgehead atoms. The van der Waals surface area contributed by atoms with Gasteiger partial charge in [0, 0.05) is 35.7 Å². The Kier molecular flexibility index (Phi) is 3.62. The van der Waals surface area contributed by atoms with E-state index in [0.717, 1.165) is 13.1 Å². The van der Waals surface area contributed by atoms with Crippen LogP contribution in [0.25, 0.3) is 0 Å². The normalized spacial score (nSPS) is 23.2. The van der Waals surface area contributed by atoms with Crippen molar-refractivity contribution in [2.24, 2.45) is 5.73 Å². The summed E-state index contributed by atoms with van der Waals surface area (Å²) >= 11 is 2.04. The molecule has 0 radical (unpaired) electrons. The first-order valence-electron chi connectivity index (χ1n) is 5.72. The van der Waals surface area contributed by atoms with Crippen molar-refractivity contribution < 1.29 is 4.42 Å². The molecule has 16 heavy (non-hydrogen) atoms. The van der Waals surface area contributed by atoms with Crippen molar-refractivity contribution in [3.8, 4) is 0 Å². The minimum atomic E-state index is 0.305. The van der Waals surface area contributed by atoms with E-state index in [2.05, 4.69) is 18.7 Å². The van der Waals surface area contributed by atoms with Gasteiger partial charge in [0.2, 0.25) is 0 Å². The lowest BCUT2D eigenvalue weighted by Crippen LogP contribution is -2.46. The maximum atomic E-state index is 5.89. The maximum Gasteiger partial charge on any atom is 0.0950 e. The van der Waals surface area contributed by atoms with E-state index < -0.39 is 0 Å². The monoisotopic (exact) mass is 240 g/mol. The minimum Gasteiger partial charge on any atom is -0.472 e. The third kappa shape index (κ3) is 2.62. The molecule has 1 saturated heterocycles. The number of thioether (sulfide) groups is 1. The van der Waals surface area contributed by atoms with E-state index in [9.17, 15) is 0 Å². The van der Waals surface area contributed by atoms with Gasteiger partial charge in [0.05, 0.1) is 18.6 Å². The predicted octanol–water partition coefficient (Wildman–Crippen LogP) is 2.11. The van der Waals surface area contributed by atoms with Gasteiger partial charge in [-0.15, -0.1) is 0 Å². The van der Waals surface area contributed by atoms with Crippen molar-refractivity contribution in [3.05, 3.63) is 24.2 Å². The summed E-state index contributed by atoms with van der Waals surface area (Å²) in [6.07, 6.45) is 3.54.